The van der Waals surface area contributed by atoms with Crippen LogP contribution in [-0.2, 0) is 30.5 Å². The molecule has 0 saturated carbocycles. The second-order valence-corrected chi connectivity index (χ2v) is 9.93. The fraction of sp³-hybridized carbons (Fsp3) is 0.722. The molecule has 0 aromatic carbocycles. The zero-order chi connectivity index (χ0) is 19.7. The van der Waals surface area contributed by atoms with Crippen LogP contribution < -0.4 is 0 Å². The van der Waals surface area contributed by atoms with E-state index in [9.17, 15) is 13.8 Å². The summed E-state index contributed by atoms with van der Waals surface area (Å²) in [6.07, 6.45) is 1.58. The highest BCUT2D eigenvalue weighted by Gasteiger charge is 2.42. The molecule has 2 amide bonds. The third kappa shape index (κ3) is 4.76. The average molecular weight is 397 g/mol. The molecule has 0 unspecified atom stereocenters. The maximum absolute atomic E-state index is 13.0. The summed E-state index contributed by atoms with van der Waals surface area (Å²) in [5, 5.41) is 0. The lowest BCUT2D eigenvalue weighted by Crippen LogP contribution is -2.56. The van der Waals surface area contributed by atoms with Crippen molar-refractivity contribution in [3.8, 4) is 0 Å². The number of hydrogen-bond acceptors (Lipinski definition) is 6. The molecule has 1 spiro atoms. The van der Waals surface area contributed by atoms with Crippen LogP contribution in [0.5, 0.6) is 0 Å². The van der Waals surface area contributed by atoms with Crippen molar-refractivity contribution in [1.29, 1.82) is 0 Å². The minimum atomic E-state index is -2.57. The molecule has 0 bridgehead atoms. The van der Waals surface area contributed by atoms with Crippen LogP contribution in [-0.4, -0.2) is 62.7 Å². The molecule has 9 heteroatoms. The molecule has 0 N–H and O–H groups in total. The summed E-state index contributed by atoms with van der Waals surface area (Å²) in [5.41, 5.74) is 0.362. The van der Waals surface area contributed by atoms with Gasteiger partial charge in [0.15, 0.2) is 5.89 Å². The Hall–Kier alpha value is -1.74. The van der Waals surface area contributed by atoms with Crippen molar-refractivity contribution in [2.45, 2.75) is 52.1 Å². The molecule has 8 nitrogen and oxygen atoms in total. The molecule has 3 heterocycles. The Balaban J connectivity index is 1.58. The molecule has 1 aromatic heterocycles. The van der Waals surface area contributed by atoms with Gasteiger partial charge in [0.05, 0.1) is 27.6 Å². The Labute approximate surface area is 159 Å². The highest BCUT2D eigenvalue weighted by molar-refractivity contribution is 7.93. The van der Waals surface area contributed by atoms with Crippen LogP contribution in [0.3, 0.4) is 0 Å². The summed E-state index contributed by atoms with van der Waals surface area (Å²) >= 11 is 0. The topological polar surface area (TPSA) is 102 Å². The molecule has 2 saturated heterocycles. The third-order valence-corrected chi connectivity index (χ3v) is 7.56. The van der Waals surface area contributed by atoms with Crippen LogP contribution in [0.2, 0.25) is 0 Å². The van der Waals surface area contributed by atoms with Gasteiger partial charge < -0.3 is 14.1 Å². The van der Waals surface area contributed by atoms with Gasteiger partial charge >= 0.3 is 0 Å². The Bertz CT molecular complexity index is 820. The van der Waals surface area contributed by atoms with E-state index in [4.69, 9.17) is 9.15 Å². The van der Waals surface area contributed by atoms with E-state index in [0.29, 0.717) is 56.4 Å². The number of morpholine rings is 1. The zero-order valence-electron chi connectivity index (χ0n) is 16.2. The van der Waals surface area contributed by atoms with E-state index in [-0.39, 0.29) is 18.2 Å². The maximum atomic E-state index is 13.0. The number of carbonyl (C=O) groups is 2. The number of ether oxygens (including phenoxy) is 1. The Morgan fingerprint density at radius 1 is 1.30 bits per heavy atom. The predicted octanol–water partition coefficient (Wildman–Crippen LogP) is 1.63. The standard InChI is InChI=1S/C18H27N3O5S/c1-13-14(2)26-17(19-13)5-4-16(23)20-27(24)10-6-18(7-11-27)12-21(15(3)22)8-9-25-18/h4-12H2,1-3H3. The van der Waals surface area contributed by atoms with Crippen LogP contribution >= 0.6 is 0 Å². The molecule has 150 valence electrons. The number of aromatic nitrogens is 1. The van der Waals surface area contributed by atoms with E-state index in [2.05, 4.69) is 9.35 Å². The molecule has 0 radical (unpaired) electrons. The molecule has 1 aromatic rings. The molecular formula is C18H27N3O5S. The summed E-state index contributed by atoms with van der Waals surface area (Å²) in [6.45, 7) is 6.84. The number of nitrogens with zero attached hydrogens (tertiary/aromatic N) is 3. The Morgan fingerprint density at radius 2 is 2.00 bits per heavy atom. The smallest absolute Gasteiger partial charge is 0.254 e. The van der Waals surface area contributed by atoms with E-state index < -0.39 is 15.3 Å². The Morgan fingerprint density at radius 3 is 2.59 bits per heavy atom. The fourth-order valence-corrected chi connectivity index (χ4v) is 5.75. The van der Waals surface area contributed by atoms with Gasteiger partial charge in [-0.05, 0) is 26.7 Å². The summed E-state index contributed by atoms with van der Waals surface area (Å²) < 4.78 is 28.4. The van der Waals surface area contributed by atoms with Crippen molar-refractivity contribution in [2.24, 2.45) is 4.36 Å². The molecule has 2 aliphatic heterocycles. The maximum Gasteiger partial charge on any atom is 0.254 e. The second kappa shape index (κ2) is 7.71. The van der Waals surface area contributed by atoms with Crippen molar-refractivity contribution >= 4 is 21.5 Å². The van der Waals surface area contributed by atoms with E-state index in [1.807, 2.05) is 13.8 Å². The quantitative estimate of drug-likeness (QED) is 0.768. The largest absolute Gasteiger partial charge is 0.446 e. The number of hydrogen-bond donors (Lipinski definition) is 0. The molecular weight excluding hydrogens is 370 g/mol. The van der Waals surface area contributed by atoms with Crippen LogP contribution in [0.15, 0.2) is 8.78 Å². The predicted molar refractivity (Wildman–Crippen MR) is 99.8 cm³/mol. The van der Waals surface area contributed by atoms with Crippen molar-refractivity contribution in [3.63, 3.8) is 0 Å². The first-order chi connectivity index (χ1) is 12.7. The number of rotatable bonds is 3. The Kier molecular flexibility index (Phi) is 5.71. The molecule has 27 heavy (non-hydrogen) atoms. The number of aryl methyl sites for hydroxylation is 3. The molecule has 0 aliphatic carbocycles. The minimum absolute atomic E-state index is 0.0286. The van der Waals surface area contributed by atoms with Gasteiger partial charge in [0, 0.05) is 44.4 Å². The van der Waals surface area contributed by atoms with Crippen LogP contribution in [0.4, 0.5) is 0 Å². The molecule has 2 aliphatic rings. The fourth-order valence-electron chi connectivity index (χ4n) is 3.52. The zero-order valence-corrected chi connectivity index (χ0v) is 17.0. The third-order valence-electron chi connectivity index (χ3n) is 5.34. The van der Waals surface area contributed by atoms with Gasteiger partial charge in [0.25, 0.3) is 5.91 Å². The van der Waals surface area contributed by atoms with Crippen molar-refractivity contribution in [1.82, 2.24) is 9.88 Å². The van der Waals surface area contributed by atoms with Crippen molar-refractivity contribution < 1.29 is 23.0 Å². The summed E-state index contributed by atoms with van der Waals surface area (Å²) in [6, 6.07) is 0. The van der Waals surface area contributed by atoms with Gasteiger partial charge in [-0.15, -0.1) is 0 Å². The monoisotopic (exact) mass is 397 g/mol. The number of carbonyl (C=O) groups excluding carboxylic acids is 2. The number of amides is 2. The van der Waals surface area contributed by atoms with Gasteiger partial charge in [-0.1, -0.05) is 0 Å². The number of oxazole rings is 1. The molecule has 2 fully saturated rings. The molecule has 3 rings (SSSR count). The SMILES string of the molecule is CC(=O)N1CCOC2(CCS(=O)(=NC(=O)CCc3nc(C)c(C)o3)CC2)C1. The van der Waals surface area contributed by atoms with Gasteiger partial charge in [0.2, 0.25) is 5.91 Å². The van der Waals surface area contributed by atoms with Gasteiger partial charge in [-0.3, -0.25) is 9.59 Å². The van der Waals surface area contributed by atoms with Gasteiger partial charge in [0.1, 0.15) is 5.76 Å². The van der Waals surface area contributed by atoms with Crippen LogP contribution in [0.25, 0.3) is 0 Å². The second-order valence-electron chi connectivity index (χ2n) is 7.39. The van der Waals surface area contributed by atoms with E-state index in [1.54, 1.807) is 11.8 Å². The molecule has 0 atom stereocenters. The first kappa shape index (κ1) is 20.0. The highest BCUT2D eigenvalue weighted by Crippen LogP contribution is 2.32. The van der Waals surface area contributed by atoms with E-state index >= 15 is 0 Å². The van der Waals surface area contributed by atoms with Crippen LogP contribution in [0.1, 0.15) is 43.5 Å². The van der Waals surface area contributed by atoms with Crippen molar-refractivity contribution in [3.05, 3.63) is 17.3 Å². The lowest BCUT2D eigenvalue weighted by Gasteiger charge is -2.45. The van der Waals surface area contributed by atoms with Crippen molar-refractivity contribution in [2.75, 3.05) is 31.2 Å². The lowest BCUT2D eigenvalue weighted by atomic mass is 9.94. The first-order valence-electron chi connectivity index (χ1n) is 9.28. The normalized spacial score (nSPS) is 28.3. The van der Waals surface area contributed by atoms with Gasteiger partial charge in [-0.2, -0.15) is 4.36 Å². The van der Waals surface area contributed by atoms with E-state index in [1.165, 1.54) is 0 Å². The minimum Gasteiger partial charge on any atom is -0.446 e. The average Bonchev–Trinajstić information content (AvgIpc) is 2.95. The summed E-state index contributed by atoms with van der Waals surface area (Å²) in [4.78, 5) is 29.9. The van der Waals surface area contributed by atoms with Gasteiger partial charge in [-0.25, -0.2) is 9.19 Å². The first-order valence-corrected chi connectivity index (χ1v) is 11.1. The highest BCUT2D eigenvalue weighted by atomic mass is 32.2. The lowest BCUT2D eigenvalue weighted by molar-refractivity contribution is -0.150. The van der Waals surface area contributed by atoms with Crippen LogP contribution in [0, 0.1) is 13.8 Å². The van der Waals surface area contributed by atoms with E-state index in [0.717, 1.165) is 11.5 Å². The summed E-state index contributed by atoms with van der Waals surface area (Å²) in [7, 11) is -2.57. The summed E-state index contributed by atoms with van der Waals surface area (Å²) in [5.74, 6) is 1.54.